The summed E-state index contributed by atoms with van der Waals surface area (Å²) in [7, 11) is 1.38. The van der Waals surface area contributed by atoms with Gasteiger partial charge in [0, 0.05) is 0 Å². The molecule has 0 saturated carbocycles. The van der Waals surface area contributed by atoms with Crippen LogP contribution in [0.25, 0.3) is 0 Å². The third kappa shape index (κ3) is 1.81. The van der Waals surface area contributed by atoms with Crippen molar-refractivity contribution in [1.82, 2.24) is 0 Å². The van der Waals surface area contributed by atoms with Crippen LogP contribution in [0.1, 0.15) is 16.7 Å². The summed E-state index contributed by atoms with van der Waals surface area (Å²) in [4.78, 5) is 0. The molecular formula is C10H14P. The molecule has 59 valence electrons. The van der Waals surface area contributed by atoms with Crippen molar-refractivity contribution >= 4 is 13.9 Å². The third-order valence-electron chi connectivity index (χ3n) is 1.86. The Hall–Kier alpha value is -0.350. The summed E-state index contributed by atoms with van der Waals surface area (Å²) >= 11 is 0. The second kappa shape index (κ2) is 3.36. The Morgan fingerprint density at radius 2 is 1.45 bits per heavy atom. The van der Waals surface area contributed by atoms with E-state index in [0.717, 1.165) is 0 Å². The van der Waals surface area contributed by atoms with Gasteiger partial charge in [-0.15, -0.1) is 0 Å². The highest BCUT2D eigenvalue weighted by Gasteiger charge is 2.00. The number of rotatable bonds is 1. The molecule has 1 aromatic carbocycles. The maximum absolute atomic E-state index is 2.25. The van der Waals surface area contributed by atoms with Crippen LogP contribution in [-0.2, 0) is 0 Å². The second-order valence-electron chi connectivity index (χ2n) is 2.97. The summed E-state index contributed by atoms with van der Waals surface area (Å²) in [5.74, 6) is 0. The van der Waals surface area contributed by atoms with Crippen LogP contribution in [0.5, 0.6) is 0 Å². The van der Waals surface area contributed by atoms with Crippen molar-refractivity contribution in [3.63, 3.8) is 0 Å². The van der Waals surface area contributed by atoms with Gasteiger partial charge in [0.2, 0.25) is 0 Å². The molecule has 0 unspecified atom stereocenters. The van der Waals surface area contributed by atoms with Gasteiger partial charge in [0.15, 0.2) is 0 Å². The van der Waals surface area contributed by atoms with E-state index in [9.17, 15) is 0 Å². The second-order valence-corrected chi connectivity index (χ2v) is 3.87. The number of benzene rings is 1. The molecule has 1 radical (unpaired) electrons. The Morgan fingerprint density at radius 3 is 1.82 bits per heavy atom. The van der Waals surface area contributed by atoms with Crippen LogP contribution < -0.4 is 5.30 Å². The average molecular weight is 165 g/mol. The minimum absolute atomic E-state index is 1.37. The molecule has 1 rings (SSSR count). The van der Waals surface area contributed by atoms with Gasteiger partial charge >= 0.3 is 0 Å². The van der Waals surface area contributed by atoms with Crippen molar-refractivity contribution < 1.29 is 0 Å². The quantitative estimate of drug-likeness (QED) is 0.561. The Bertz CT molecular complexity index is 241. The van der Waals surface area contributed by atoms with Crippen LogP contribution in [0, 0.1) is 20.8 Å². The molecule has 1 heteroatoms. The lowest BCUT2D eigenvalue weighted by atomic mass is 10.1. The first kappa shape index (κ1) is 8.74. The molecule has 0 aliphatic carbocycles. The van der Waals surface area contributed by atoms with Crippen molar-refractivity contribution in [2.75, 3.05) is 6.66 Å². The lowest BCUT2D eigenvalue weighted by molar-refractivity contribution is 1.36. The summed E-state index contributed by atoms with van der Waals surface area (Å²) in [6.07, 6.45) is 0. The van der Waals surface area contributed by atoms with E-state index < -0.39 is 0 Å². The minimum Gasteiger partial charge on any atom is -0.0557 e. The summed E-state index contributed by atoms with van der Waals surface area (Å²) in [5, 5.41) is 1.48. The fraction of sp³-hybridized carbons (Fsp3) is 0.400. The number of hydrogen-bond donors (Lipinski definition) is 0. The summed E-state index contributed by atoms with van der Waals surface area (Å²) in [5.41, 5.74) is 4.21. The van der Waals surface area contributed by atoms with Gasteiger partial charge in [-0.2, -0.15) is 0 Å². The van der Waals surface area contributed by atoms with E-state index in [1.807, 2.05) is 0 Å². The first-order chi connectivity index (χ1) is 5.15. The number of aryl methyl sites for hydroxylation is 3. The summed E-state index contributed by atoms with van der Waals surface area (Å²) < 4.78 is 0. The maximum atomic E-state index is 2.25. The van der Waals surface area contributed by atoms with Crippen LogP contribution >= 0.6 is 8.58 Å². The van der Waals surface area contributed by atoms with Gasteiger partial charge in [-0.1, -0.05) is 17.7 Å². The molecule has 0 N–H and O–H groups in total. The molecule has 0 nitrogen and oxygen atoms in total. The predicted octanol–water partition coefficient (Wildman–Crippen LogP) is 2.81. The summed E-state index contributed by atoms with van der Waals surface area (Å²) in [6.45, 7) is 8.71. The van der Waals surface area contributed by atoms with E-state index >= 15 is 0 Å². The molecule has 0 atom stereocenters. The van der Waals surface area contributed by atoms with Crippen molar-refractivity contribution in [2.45, 2.75) is 20.8 Å². The van der Waals surface area contributed by atoms with Gasteiger partial charge in [-0.25, -0.2) is 0 Å². The van der Waals surface area contributed by atoms with Crippen molar-refractivity contribution in [2.24, 2.45) is 0 Å². The Kier molecular flexibility index (Phi) is 2.67. The van der Waals surface area contributed by atoms with Gasteiger partial charge in [-0.05, 0) is 52.4 Å². The van der Waals surface area contributed by atoms with Crippen molar-refractivity contribution in [3.8, 4) is 0 Å². The number of hydrogen-bond acceptors (Lipinski definition) is 0. The van der Waals surface area contributed by atoms with Crippen LogP contribution in [0.2, 0.25) is 0 Å². The molecule has 0 aliphatic rings. The van der Waals surface area contributed by atoms with Gasteiger partial charge in [0.25, 0.3) is 0 Å². The normalized spacial score (nSPS) is 11.3. The van der Waals surface area contributed by atoms with Gasteiger partial charge in [0.1, 0.15) is 0 Å². The van der Waals surface area contributed by atoms with Crippen LogP contribution in [0.4, 0.5) is 0 Å². The molecule has 0 spiro atoms. The molecule has 0 saturated heterocycles. The zero-order valence-corrected chi connectivity index (χ0v) is 8.50. The van der Waals surface area contributed by atoms with Crippen LogP contribution in [0.15, 0.2) is 12.1 Å². The molecule has 0 fully saturated rings. The van der Waals surface area contributed by atoms with Gasteiger partial charge in [0.05, 0.1) is 0 Å². The molecule has 0 aliphatic heterocycles. The zero-order chi connectivity index (χ0) is 8.43. The maximum Gasteiger partial charge on any atom is -0.0138 e. The lowest BCUT2D eigenvalue weighted by Crippen LogP contribution is -2.04. The fourth-order valence-electron chi connectivity index (χ4n) is 1.53. The average Bonchev–Trinajstić information content (AvgIpc) is 1.85. The topological polar surface area (TPSA) is 0 Å². The third-order valence-corrected chi connectivity index (χ3v) is 3.01. The first-order valence-corrected chi connectivity index (χ1v) is 5.17. The zero-order valence-electron chi connectivity index (χ0n) is 7.60. The molecule has 0 heterocycles. The molecule has 0 aromatic heterocycles. The molecule has 11 heavy (non-hydrogen) atoms. The monoisotopic (exact) mass is 165 g/mol. The molecule has 1 aromatic rings. The van der Waals surface area contributed by atoms with Crippen molar-refractivity contribution in [1.29, 1.82) is 0 Å². The Morgan fingerprint density at radius 1 is 1.00 bits per heavy atom. The first-order valence-electron chi connectivity index (χ1n) is 3.83. The highest BCUT2D eigenvalue weighted by molar-refractivity contribution is 7.46. The van der Waals surface area contributed by atoms with Crippen LogP contribution in [-0.4, -0.2) is 6.66 Å². The summed E-state index contributed by atoms with van der Waals surface area (Å²) in [6, 6.07) is 4.50. The standard InChI is InChI=1S/C10H14P/c1-7-5-8(2)10(11-4)9(3)6-7/h5-6H,1-4H3. The predicted molar refractivity (Wildman–Crippen MR) is 53.1 cm³/mol. The molecular weight excluding hydrogens is 151 g/mol. The fourth-order valence-corrected chi connectivity index (χ4v) is 2.36. The Balaban J connectivity index is 3.25. The smallest absolute Gasteiger partial charge is 0.0138 e. The van der Waals surface area contributed by atoms with Crippen LogP contribution in [0.3, 0.4) is 0 Å². The minimum atomic E-state index is 1.37. The van der Waals surface area contributed by atoms with E-state index in [1.54, 1.807) is 0 Å². The lowest BCUT2D eigenvalue weighted by Gasteiger charge is -2.07. The Labute approximate surface area is 70.8 Å². The highest BCUT2D eigenvalue weighted by Crippen LogP contribution is 2.14. The van der Waals surface area contributed by atoms with E-state index in [4.69, 9.17) is 0 Å². The van der Waals surface area contributed by atoms with Gasteiger partial charge < -0.3 is 0 Å². The van der Waals surface area contributed by atoms with Crippen molar-refractivity contribution in [3.05, 3.63) is 28.8 Å². The van der Waals surface area contributed by atoms with E-state index in [1.165, 1.54) is 30.6 Å². The molecule has 0 amide bonds. The van der Waals surface area contributed by atoms with E-state index in [2.05, 4.69) is 39.6 Å². The van der Waals surface area contributed by atoms with E-state index in [0.29, 0.717) is 0 Å². The molecule has 0 bridgehead atoms. The largest absolute Gasteiger partial charge is 0.0557 e. The highest BCUT2D eigenvalue weighted by atomic mass is 31.1. The SMILES string of the molecule is C[P]c1c(C)cc(C)cc1C. The van der Waals surface area contributed by atoms with E-state index in [-0.39, 0.29) is 0 Å². The van der Waals surface area contributed by atoms with Gasteiger partial charge in [-0.3, -0.25) is 0 Å².